The molecule has 1 rings (SSSR count). The van der Waals surface area contributed by atoms with Gasteiger partial charge in [-0.05, 0) is 26.2 Å². The Labute approximate surface area is 84.5 Å². The van der Waals surface area contributed by atoms with E-state index in [0.29, 0.717) is 0 Å². The normalized spacial score (nSPS) is 24.3. The average Bonchev–Trinajstić information content (AvgIpc) is 2.19. The molecule has 0 saturated carbocycles. The second-order valence-electron chi connectivity index (χ2n) is 3.52. The molecule has 4 heteroatoms. The lowest BCUT2D eigenvalue weighted by molar-refractivity contribution is -0.188. The molecule has 2 atom stereocenters. The van der Waals surface area contributed by atoms with Crippen molar-refractivity contribution in [1.29, 1.82) is 0 Å². The fourth-order valence-electron chi connectivity index (χ4n) is 1.44. The number of hydrogen-bond acceptors (Lipinski definition) is 4. The quantitative estimate of drug-likeness (QED) is 0.648. The lowest BCUT2D eigenvalue weighted by Gasteiger charge is -2.25. The van der Waals surface area contributed by atoms with Gasteiger partial charge in [-0.25, -0.2) is 0 Å². The monoisotopic (exact) mass is 202 g/mol. The zero-order valence-corrected chi connectivity index (χ0v) is 8.82. The molecule has 0 N–H and O–H groups in total. The highest BCUT2D eigenvalue weighted by Crippen LogP contribution is 2.16. The molecule has 1 aliphatic rings. The van der Waals surface area contributed by atoms with Gasteiger partial charge in [-0.15, -0.1) is 0 Å². The summed E-state index contributed by atoms with van der Waals surface area (Å²) in [7, 11) is 1.38. The summed E-state index contributed by atoms with van der Waals surface area (Å²) >= 11 is 0. The minimum absolute atomic E-state index is 0.134. The first-order chi connectivity index (χ1) is 6.72. The largest absolute Gasteiger partial charge is 0.469 e. The molecule has 1 fully saturated rings. The summed E-state index contributed by atoms with van der Waals surface area (Å²) < 4.78 is 15.5. The van der Waals surface area contributed by atoms with Crippen molar-refractivity contribution >= 4 is 5.97 Å². The second kappa shape index (κ2) is 5.98. The van der Waals surface area contributed by atoms with Crippen LogP contribution in [0.25, 0.3) is 0 Å². The number of hydrogen-bond donors (Lipinski definition) is 0. The highest BCUT2D eigenvalue weighted by Gasteiger charge is 2.18. The number of esters is 1. The van der Waals surface area contributed by atoms with Crippen LogP contribution in [0, 0.1) is 0 Å². The van der Waals surface area contributed by atoms with Crippen LogP contribution in [0.15, 0.2) is 0 Å². The highest BCUT2D eigenvalue weighted by molar-refractivity contribution is 5.69. The second-order valence-corrected chi connectivity index (χ2v) is 3.52. The van der Waals surface area contributed by atoms with Crippen molar-refractivity contribution in [2.24, 2.45) is 0 Å². The van der Waals surface area contributed by atoms with Crippen molar-refractivity contribution in [2.45, 2.75) is 45.0 Å². The Balaban J connectivity index is 2.18. The van der Waals surface area contributed by atoms with Crippen LogP contribution in [-0.4, -0.2) is 32.1 Å². The maximum Gasteiger partial charge on any atom is 0.308 e. The molecule has 1 unspecified atom stereocenters. The molecule has 1 aliphatic heterocycles. The van der Waals surface area contributed by atoms with Gasteiger partial charge in [-0.3, -0.25) is 4.79 Å². The standard InChI is InChI=1S/C10H18O4/c1-8(7-9(11)12-2)14-10-5-3-4-6-13-10/h8,10H,3-7H2,1-2H3/t8-,10?/m0/s1. The molecule has 0 aromatic carbocycles. The van der Waals surface area contributed by atoms with Gasteiger partial charge < -0.3 is 14.2 Å². The van der Waals surface area contributed by atoms with Crippen molar-refractivity contribution in [3.05, 3.63) is 0 Å². The van der Waals surface area contributed by atoms with E-state index in [4.69, 9.17) is 9.47 Å². The highest BCUT2D eigenvalue weighted by atomic mass is 16.7. The first-order valence-corrected chi connectivity index (χ1v) is 5.06. The van der Waals surface area contributed by atoms with Crippen molar-refractivity contribution in [3.63, 3.8) is 0 Å². The van der Waals surface area contributed by atoms with Crippen molar-refractivity contribution in [3.8, 4) is 0 Å². The smallest absolute Gasteiger partial charge is 0.308 e. The van der Waals surface area contributed by atoms with E-state index in [1.165, 1.54) is 7.11 Å². The van der Waals surface area contributed by atoms with E-state index in [1.54, 1.807) is 0 Å². The molecule has 4 nitrogen and oxygen atoms in total. The van der Waals surface area contributed by atoms with Gasteiger partial charge in [0.1, 0.15) is 0 Å². The third kappa shape index (κ3) is 4.07. The summed E-state index contributed by atoms with van der Waals surface area (Å²) in [6.07, 6.45) is 3.18. The molecule has 0 spiro atoms. The van der Waals surface area contributed by atoms with E-state index in [0.717, 1.165) is 25.9 Å². The van der Waals surface area contributed by atoms with E-state index in [2.05, 4.69) is 4.74 Å². The van der Waals surface area contributed by atoms with Crippen molar-refractivity contribution < 1.29 is 19.0 Å². The molecule has 0 aromatic heterocycles. The predicted molar refractivity (Wildman–Crippen MR) is 50.8 cm³/mol. The van der Waals surface area contributed by atoms with Crippen LogP contribution in [0.5, 0.6) is 0 Å². The summed E-state index contributed by atoms with van der Waals surface area (Å²) in [6, 6.07) is 0. The summed E-state index contributed by atoms with van der Waals surface area (Å²) in [5, 5.41) is 0. The third-order valence-electron chi connectivity index (χ3n) is 2.20. The van der Waals surface area contributed by atoms with Crippen LogP contribution in [0.1, 0.15) is 32.6 Å². The van der Waals surface area contributed by atoms with Crippen molar-refractivity contribution in [1.82, 2.24) is 0 Å². The first-order valence-electron chi connectivity index (χ1n) is 5.06. The Morgan fingerprint density at radius 1 is 1.57 bits per heavy atom. The molecule has 0 aromatic rings. The zero-order valence-electron chi connectivity index (χ0n) is 8.82. The zero-order chi connectivity index (χ0) is 10.4. The van der Waals surface area contributed by atoms with Gasteiger partial charge in [0.05, 0.1) is 19.6 Å². The Morgan fingerprint density at radius 2 is 2.36 bits per heavy atom. The first kappa shape index (κ1) is 11.5. The molecule has 1 saturated heterocycles. The van der Waals surface area contributed by atoms with Crippen LogP contribution in [0.2, 0.25) is 0 Å². The number of carbonyl (C=O) groups excluding carboxylic acids is 1. The summed E-state index contributed by atoms with van der Waals surface area (Å²) in [5.74, 6) is -0.242. The molecule has 0 aliphatic carbocycles. The lowest BCUT2D eigenvalue weighted by Crippen LogP contribution is -2.28. The van der Waals surface area contributed by atoms with Gasteiger partial charge in [0.25, 0.3) is 0 Å². The molecule has 0 radical (unpaired) electrons. The van der Waals surface area contributed by atoms with Crippen LogP contribution in [0.3, 0.4) is 0 Å². The van der Waals surface area contributed by atoms with Gasteiger partial charge in [-0.1, -0.05) is 0 Å². The Bertz CT molecular complexity index is 175. The Hall–Kier alpha value is -0.610. The topological polar surface area (TPSA) is 44.8 Å². The van der Waals surface area contributed by atoms with E-state index < -0.39 is 0 Å². The maximum absolute atomic E-state index is 10.9. The van der Waals surface area contributed by atoms with Gasteiger partial charge in [-0.2, -0.15) is 0 Å². The maximum atomic E-state index is 10.9. The fourth-order valence-corrected chi connectivity index (χ4v) is 1.44. The van der Waals surface area contributed by atoms with Crippen LogP contribution >= 0.6 is 0 Å². The van der Waals surface area contributed by atoms with E-state index in [1.807, 2.05) is 6.92 Å². The van der Waals surface area contributed by atoms with Crippen LogP contribution in [0.4, 0.5) is 0 Å². The molecule has 0 bridgehead atoms. The number of ether oxygens (including phenoxy) is 3. The van der Waals surface area contributed by atoms with Gasteiger partial charge in [0.15, 0.2) is 6.29 Å². The average molecular weight is 202 g/mol. The Kier molecular flexibility index (Phi) is 4.90. The number of carbonyl (C=O) groups is 1. The summed E-state index contributed by atoms with van der Waals surface area (Å²) in [4.78, 5) is 10.9. The number of rotatable bonds is 4. The van der Waals surface area contributed by atoms with E-state index in [9.17, 15) is 4.79 Å². The fraction of sp³-hybridized carbons (Fsp3) is 0.900. The Morgan fingerprint density at radius 3 is 2.93 bits per heavy atom. The number of methoxy groups -OCH3 is 1. The van der Waals surface area contributed by atoms with Crippen molar-refractivity contribution in [2.75, 3.05) is 13.7 Å². The predicted octanol–water partition coefficient (Wildman–Crippen LogP) is 1.48. The van der Waals surface area contributed by atoms with Gasteiger partial charge >= 0.3 is 5.97 Å². The van der Waals surface area contributed by atoms with Gasteiger partial charge in [0, 0.05) is 6.61 Å². The van der Waals surface area contributed by atoms with E-state index in [-0.39, 0.29) is 24.8 Å². The molecule has 82 valence electrons. The molecule has 14 heavy (non-hydrogen) atoms. The van der Waals surface area contributed by atoms with Gasteiger partial charge in [0.2, 0.25) is 0 Å². The summed E-state index contributed by atoms with van der Waals surface area (Å²) in [5.41, 5.74) is 0. The molecule has 0 amide bonds. The van der Waals surface area contributed by atoms with Crippen LogP contribution < -0.4 is 0 Å². The minimum Gasteiger partial charge on any atom is -0.469 e. The third-order valence-corrected chi connectivity index (χ3v) is 2.20. The minimum atomic E-state index is -0.242. The van der Waals surface area contributed by atoms with E-state index >= 15 is 0 Å². The van der Waals surface area contributed by atoms with Crippen LogP contribution in [-0.2, 0) is 19.0 Å². The SMILES string of the molecule is COC(=O)C[C@H](C)OC1CCCCO1. The summed E-state index contributed by atoms with van der Waals surface area (Å²) in [6.45, 7) is 2.62. The molecule has 1 heterocycles. The molecular weight excluding hydrogens is 184 g/mol. The lowest BCUT2D eigenvalue weighted by atomic mass is 10.2. The molecular formula is C10H18O4.